The van der Waals surface area contributed by atoms with Crippen molar-refractivity contribution < 1.29 is 9.84 Å². The summed E-state index contributed by atoms with van der Waals surface area (Å²) in [6.07, 6.45) is 1.19. The van der Waals surface area contributed by atoms with Gasteiger partial charge in [-0.1, -0.05) is 11.8 Å². The van der Waals surface area contributed by atoms with Gasteiger partial charge in [-0.25, -0.2) is 4.98 Å². The first-order valence-corrected chi connectivity index (χ1v) is 7.48. The number of nitriles is 1. The standard InChI is InChI=1S/C13H12N2O2S2/c14-7-10-1-3-12(4-2-10)17-8-11(16)9-19-13-15-5-6-18-13/h1-6,11,16H,8-9H2. The fourth-order valence-electron chi connectivity index (χ4n) is 1.32. The molecule has 2 aromatic rings. The van der Waals surface area contributed by atoms with Gasteiger partial charge in [-0.2, -0.15) is 5.26 Å². The Bertz CT molecular complexity index is 535. The molecule has 1 N–H and O–H groups in total. The minimum absolute atomic E-state index is 0.226. The molecule has 4 nitrogen and oxygen atoms in total. The van der Waals surface area contributed by atoms with Gasteiger partial charge in [0, 0.05) is 17.3 Å². The van der Waals surface area contributed by atoms with E-state index in [4.69, 9.17) is 10.00 Å². The van der Waals surface area contributed by atoms with Crippen molar-refractivity contribution >= 4 is 23.1 Å². The number of thioether (sulfide) groups is 1. The van der Waals surface area contributed by atoms with Crippen molar-refractivity contribution in [1.82, 2.24) is 4.98 Å². The number of hydrogen-bond acceptors (Lipinski definition) is 6. The lowest BCUT2D eigenvalue weighted by molar-refractivity contribution is 0.126. The van der Waals surface area contributed by atoms with E-state index in [1.807, 2.05) is 11.4 Å². The van der Waals surface area contributed by atoms with Gasteiger partial charge < -0.3 is 9.84 Å². The Labute approximate surface area is 119 Å². The SMILES string of the molecule is N#Cc1ccc(OCC(O)CSc2nccs2)cc1. The summed E-state index contributed by atoms with van der Waals surface area (Å²) in [6, 6.07) is 8.86. The molecule has 0 amide bonds. The molecule has 0 bridgehead atoms. The van der Waals surface area contributed by atoms with Gasteiger partial charge in [-0.05, 0) is 24.3 Å². The van der Waals surface area contributed by atoms with E-state index < -0.39 is 6.10 Å². The molecule has 0 saturated carbocycles. The summed E-state index contributed by atoms with van der Waals surface area (Å²) in [5.74, 6) is 1.20. The molecule has 19 heavy (non-hydrogen) atoms. The smallest absolute Gasteiger partial charge is 0.149 e. The van der Waals surface area contributed by atoms with Gasteiger partial charge in [0.15, 0.2) is 0 Å². The van der Waals surface area contributed by atoms with Crippen molar-refractivity contribution in [3.8, 4) is 11.8 Å². The van der Waals surface area contributed by atoms with Crippen LogP contribution in [0.5, 0.6) is 5.75 Å². The molecule has 0 aliphatic rings. The average Bonchev–Trinajstić information content (AvgIpc) is 2.96. The van der Waals surface area contributed by atoms with E-state index in [9.17, 15) is 5.11 Å². The molecule has 0 spiro atoms. The zero-order valence-electron chi connectivity index (χ0n) is 10.0. The molecule has 2 rings (SSSR count). The first-order valence-electron chi connectivity index (χ1n) is 5.61. The summed E-state index contributed by atoms with van der Waals surface area (Å²) in [4.78, 5) is 4.12. The van der Waals surface area contributed by atoms with Gasteiger partial charge in [0.05, 0.1) is 17.7 Å². The van der Waals surface area contributed by atoms with E-state index in [1.54, 1.807) is 41.8 Å². The first-order chi connectivity index (χ1) is 9.28. The Kier molecular flexibility index (Phi) is 5.21. The van der Waals surface area contributed by atoms with Gasteiger partial charge in [-0.3, -0.25) is 0 Å². The normalized spacial score (nSPS) is 11.8. The highest BCUT2D eigenvalue weighted by Crippen LogP contribution is 2.21. The van der Waals surface area contributed by atoms with Gasteiger partial charge in [-0.15, -0.1) is 11.3 Å². The van der Waals surface area contributed by atoms with Crippen LogP contribution in [-0.2, 0) is 0 Å². The van der Waals surface area contributed by atoms with Crippen LogP contribution in [-0.4, -0.2) is 28.6 Å². The van der Waals surface area contributed by atoms with Gasteiger partial charge in [0.2, 0.25) is 0 Å². The summed E-state index contributed by atoms with van der Waals surface area (Å²) in [7, 11) is 0. The molecule has 1 aromatic carbocycles. The van der Waals surface area contributed by atoms with Crippen molar-refractivity contribution in [2.75, 3.05) is 12.4 Å². The summed E-state index contributed by atoms with van der Waals surface area (Å²) < 4.78 is 6.39. The van der Waals surface area contributed by atoms with Crippen molar-refractivity contribution in [3.05, 3.63) is 41.4 Å². The van der Waals surface area contributed by atoms with Crippen LogP contribution in [0.1, 0.15) is 5.56 Å². The Hall–Kier alpha value is -1.55. The van der Waals surface area contributed by atoms with Crippen molar-refractivity contribution in [2.24, 2.45) is 0 Å². The fraction of sp³-hybridized carbons (Fsp3) is 0.231. The number of nitrogens with zero attached hydrogens (tertiary/aromatic N) is 2. The number of aromatic nitrogens is 1. The zero-order valence-corrected chi connectivity index (χ0v) is 11.7. The largest absolute Gasteiger partial charge is 0.491 e. The summed E-state index contributed by atoms with van der Waals surface area (Å²) >= 11 is 3.06. The second-order valence-corrected chi connectivity index (χ2v) is 5.87. The van der Waals surface area contributed by atoms with Crippen LogP contribution < -0.4 is 4.74 Å². The third-order valence-corrected chi connectivity index (χ3v) is 4.35. The first kappa shape index (κ1) is 13.9. The zero-order chi connectivity index (χ0) is 13.5. The van der Waals surface area contributed by atoms with Gasteiger partial charge >= 0.3 is 0 Å². The average molecular weight is 292 g/mol. The summed E-state index contributed by atoms with van der Waals surface area (Å²) in [5.41, 5.74) is 0.590. The van der Waals surface area contributed by atoms with E-state index >= 15 is 0 Å². The molecule has 0 aliphatic carbocycles. The number of benzene rings is 1. The topological polar surface area (TPSA) is 66.1 Å². The molecule has 6 heteroatoms. The Morgan fingerprint density at radius 2 is 2.21 bits per heavy atom. The second kappa shape index (κ2) is 7.14. The highest BCUT2D eigenvalue weighted by molar-refractivity contribution is 8.01. The highest BCUT2D eigenvalue weighted by atomic mass is 32.2. The predicted octanol–water partition coefficient (Wildman–Crippen LogP) is 2.55. The van der Waals surface area contributed by atoms with E-state index in [1.165, 1.54) is 11.8 Å². The van der Waals surface area contributed by atoms with Gasteiger partial charge in [0.1, 0.15) is 16.7 Å². The van der Waals surface area contributed by atoms with Crippen LogP contribution in [0.25, 0.3) is 0 Å². The van der Waals surface area contributed by atoms with Crippen molar-refractivity contribution in [2.45, 2.75) is 10.4 Å². The molecular weight excluding hydrogens is 280 g/mol. The van der Waals surface area contributed by atoms with E-state index in [-0.39, 0.29) is 6.61 Å². The van der Waals surface area contributed by atoms with Crippen LogP contribution in [0.3, 0.4) is 0 Å². The van der Waals surface area contributed by atoms with E-state index in [0.717, 1.165) is 4.34 Å². The third kappa shape index (κ3) is 4.56. The second-order valence-electron chi connectivity index (χ2n) is 3.71. The minimum Gasteiger partial charge on any atom is -0.491 e. The monoisotopic (exact) mass is 292 g/mol. The summed E-state index contributed by atoms with van der Waals surface area (Å²) in [5, 5.41) is 20.4. The number of thiazole rings is 1. The molecular formula is C13H12N2O2S2. The molecule has 98 valence electrons. The third-order valence-electron chi connectivity index (χ3n) is 2.23. The molecule has 1 aromatic heterocycles. The number of hydrogen-bond donors (Lipinski definition) is 1. The van der Waals surface area contributed by atoms with Crippen LogP contribution in [0.15, 0.2) is 40.2 Å². The Balaban J connectivity index is 1.73. The molecule has 0 fully saturated rings. The Morgan fingerprint density at radius 3 is 2.84 bits per heavy atom. The maximum absolute atomic E-state index is 9.79. The highest BCUT2D eigenvalue weighted by Gasteiger charge is 2.07. The Morgan fingerprint density at radius 1 is 1.42 bits per heavy atom. The molecule has 0 radical (unpaired) electrons. The van der Waals surface area contributed by atoms with Crippen LogP contribution >= 0.6 is 23.1 Å². The van der Waals surface area contributed by atoms with Crippen LogP contribution in [0.2, 0.25) is 0 Å². The predicted molar refractivity (Wildman–Crippen MR) is 75.5 cm³/mol. The fourth-order valence-corrected chi connectivity index (χ4v) is 2.88. The molecule has 0 aliphatic heterocycles. The van der Waals surface area contributed by atoms with Crippen molar-refractivity contribution in [1.29, 1.82) is 5.26 Å². The number of rotatable bonds is 6. The number of ether oxygens (including phenoxy) is 1. The van der Waals surface area contributed by atoms with Crippen LogP contribution in [0, 0.1) is 11.3 Å². The molecule has 1 heterocycles. The van der Waals surface area contributed by atoms with E-state index in [2.05, 4.69) is 4.98 Å². The lowest BCUT2D eigenvalue weighted by Crippen LogP contribution is -2.19. The lowest BCUT2D eigenvalue weighted by atomic mass is 10.2. The van der Waals surface area contributed by atoms with Crippen molar-refractivity contribution in [3.63, 3.8) is 0 Å². The molecule has 0 saturated heterocycles. The quantitative estimate of drug-likeness (QED) is 0.829. The van der Waals surface area contributed by atoms with E-state index in [0.29, 0.717) is 17.1 Å². The molecule has 1 atom stereocenters. The maximum atomic E-state index is 9.79. The van der Waals surface area contributed by atoms with Gasteiger partial charge in [0.25, 0.3) is 0 Å². The number of aliphatic hydroxyl groups is 1. The minimum atomic E-state index is -0.551. The summed E-state index contributed by atoms with van der Waals surface area (Å²) in [6.45, 7) is 0.226. The van der Waals surface area contributed by atoms with Crippen LogP contribution in [0.4, 0.5) is 0 Å². The number of aliphatic hydroxyl groups excluding tert-OH is 1. The molecule has 1 unspecified atom stereocenters. The maximum Gasteiger partial charge on any atom is 0.149 e. The lowest BCUT2D eigenvalue weighted by Gasteiger charge is -2.11.